The van der Waals surface area contributed by atoms with Crippen molar-refractivity contribution >= 4 is 22.3 Å². The third-order valence-electron chi connectivity index (χ3n) is 2.21. The average molecular weight is 384 g/mol. The maximum atomic E-state index is 12.3. The second-order valence-electron chi connectivity index (χ2n) is 7.33. The van der Waals surface area contributed by atoms with Gasteiger partial charge in [0.05, 0.1) is 19.4 Å². The predicted octanol–water partition coefficient (Wildman–Crippen LogP) is 1.39. The number of imide groups is 1. The van der Waals surface area contributed by atoms with Crippen LogP contribution in [-0.2, 0) is 28.6 Å². The molecule has 2 amide bonds. The molecule has 0 fully saturated rings. The molecule has 25 heavy (non-hydrogen) atoms. The quantitative estimate of drug-likeness (QED) is 0.532. The summed E-state index contributed by atoms with van der Waals surface area (Å²) in [6.07, 6.45) is -2.43. The summed E-state index contributed by atoms with van der Waals surface area (Å²) in [5, 5.41) is 0. The van der Waals surface area contributed by atoms with Crippen molar-refractivity contribution in [2.45, 2.75) is 58.8 Å². The van der Waals surface area contributed by atoms with Crippen molar-refractivity contribution in [3.8, 4) is 0 Å². The smallest absolute Gasteiger partial charge is 0.419 e. The molecule has 0 aromatic carbocycles. The van der Waals surface area contributed by atoms with E-state index < -0.39 is 46.2 Å². The van der Waals surface area contributed by atoms with E-state index >= 15 is 0 Å². The van der Waals surface area contributed by atoms with Gasteiger partial charge < -0.3 is 14.3 Å². The van der Waals surface area contributed by atoms with Gasteiger partial charge in [-0.1, -0.05) is 0 Å². The molecular formula is C14H28N2O8S. The minimum absolute atomic E-state index is 0.380. The summed E-state index contributed by atoms with van der Waals surface area (Å²) in [5.41, 5.74) is -1.76. The minimum Gasteiger partial charge on any atom is -0.443 e. The van der Waals surface area contributed by atoms with E-state index in [9.17, 15) is 18.0 Å². The molecule has 148 valence electrons. The number of hydrogen-bond donors (Lipinski definition) is 1. The van der Waals surface area contributed by atoms with Crippen molar-refractivity contribution in [3.63, 3.8) is 0 Å². The Labute approximate surface area is 148 Å². The minimum atomic E-state index is -3.88. The molecule has 0 aromatic rings. The highest BCUT2D eigenvalue weighted by Gasteiger charge is 2.34. The van der Waals surface area contributed by atoms with Gasteiger partial charge in [-0.15, -0.1) is 0 Å². The Balaban J connectivity index is 5.46. The molecule has 0 aromatic heterocycles. The molecule has 0 rings (SSSR count). The van der Waals surface area contributed by atoms with Crippen LogP contribution in [0.1, 0.15) is 41.5 Å². The van der Waals surface area contributed by atoms with Crippen LogP contribution >= 0.6 is 0 Å². The molecule has 0 aliphatic heterocycles. The Morgan fingerprint density at radius 2 is 1.40 bits per heavy atom. The molecule has 0 aliphatic carbocycles. The lowest BCUT2D eigenvalue weighted by Crippen LogP contribution is -2.48. The molecule has 1 atom stereocenters. The zero-order valence-electron chi connectivity index (χ0n) is 15.7. The molecule has 0 saturated carbocycles. The molecule has 0 radical (unpaired) electrons. The summed E-state index contributed by atoms with van der Waals surface area (Å²) in [5.74, 6) is 4.95. The topological polar surface area (TPSA) is 134 Å². The molecule has 0 bridgehead atoms. The van der Waals surface area contributed by atoms with E-state index in [-0.39, 0.29) is 6.61 Å². The van der Waals surface area contributed by atoms with Gasteiger partial charge >= 0.3 is 12.2 Å². The number of nitrogens with two attached hydrogens (primary N) is 1. The van der Waals surface area contributed by atoms with Crippen LogP contribution in [0.25, 0.3) is 0 Å². The monoisotopic (exact) mass is 384 g/mol. The van der Waals surface area contributed by atoms with E-state index in [2.05, 4.69) is 4.84 Å². The summed E-state index contributed by atoms with van der Waals surface area (Å²) in [4.78, 5) is 29.6. The Bertz CT molecular complexity index is 534. The van der Waals surface area contributed by atoms with Gasteiger partial charge in [-0.3, -0.25) is 4.18 Å². The van der Waals surface area contributed by atoms with Gasteiger partial charge in [0.15, 0.2) is 0 Å². The van der Waals surface area contributed by atoms with Crippen LogP contribution in [0.5, 0.6) is 0 Å². The van der Waals surface area contributed by atoms with Crippen LogP contribution in [0.3, 0.4) is 0 Å². The number of hydrogen-bond acceptors (Lipinski definition) is 9. The number of nitrogens with zero attached hydrogens (tertiary/aromatic N) is 1. The zero-order valence-corrected chi connectivity index (χ0v) is 16.5. The highest BCUT2D eigenvalue weighted by atomic mass is 32.2. The number of carbonyl (C=O) groups excluding carboxylic acids is 2. The fourth-order valence-electron chi connectivity index (χ4n) is 1.53. The van der Waals surface area contributed by atoms with E-state index in [0.29, 0.717) is 4.90 Å². The van der Waals surface area contributed by atoms with Crippen LogP contribution < -0.4 is 5.90 Å². The van der Waals surface area contributed by atoms with Crippen molar-refractivity contribution < 1.29 is 36.5 Å². The second kappa shape index (κ2) is 8.79. The van der Waals surface area contributed by atoms with Crippen molar-refractivity contribution in [2.75, 3.05) is 19.4 Å². The Morgan fingerprint density at radius 3 is 1.68 bits per heavy atom. The first kappa shape index (κ1) is 23.6. The van der Waals surface area contributed by atoms with Gasteiger partial charge in [-0.05, 0) is 41.5 Å². The van der Waals surface area contributed by atoms with Crippen LogP contribution in [0.2, 0.25) is 0 Å². The van der Waals surface area contributed by atoms with E-state index in [1.54, 1.807) is 41.5 Å². The predicted molar refractivity (Wildman–Crippen MR) is 89.0 cm³/mol. The molecule has 0 spiro atoms. The number of amides is 2. The van der Waals surface area contributed by atoms with E-state index in [1.165, 1.54) is 0 Å². The molecule has 0 saturated heterocycles. The van der Waals surface area contributed by atoms with Crippen LogP contribution in [-0.4, -0.2) is 62.2 Å². The van der Waals surface area contributed by atoms with Gasteiger partial charge in [0.1, 0.15) is 17.3 Å². The Morgan fingerprint density at radius 1 is 1.00 bits per heavy atom. The fourth-order valence-corrected chi connectivity index (χ4v) is 2.14. The van der Waals surface area contributed by atoms with E-state index in [0.717, 1.165) is 6.26 Å². The highest BCUT2D eigenvalue weighted by Crippen LogP contribution is 2.16. The summed E-state index contributed by atoms with van der Waals surface area (Å²) < 4.78 is 37.7. The summed E-state index contributed by atoms with van der Waals surface area (Å²) in [6, 6.07) is 0. The number of ether oxygens (including phenoxy) is 2. The zero-order chi connectivity index (χ0) is 20.1. The molecule has 11 heteroatoms. The van der Waals surface area contributed by atoms with E-state index in [4.69, 9.17) is 19.6 Å². The molecule has 10 nitrogen and oxygen atoms in total. The molecule has 0 heterocycles. The third kappa shape index (κ3) is 11.7. The Hall–Kier alpha value is -1.43. The van der Waals surface area contributed by atoms with Crippen molar-refractivity contribution in [1.29, 1.82) is 0 Å². The summed E-state index contributed by atoms with van der Waals surface area (Å²) >= 11 is 0. The summed E-state index contributed by atoms with van der Waals surface area (Å²) in [6.45, 7) is 8.83. The van der Waals surface area contributed by atoms with Crippen LogP contribution in [0, 0.1) is 0 Å². The maximum absolute atomic E-state index is 12.3. The average Bonchev–Trinajstić information content (AvgIpc) is 2.29. The van der Waals surface area contributed by atoms with Gasteiger partial charge in [-0.2, -0.15) is 8.42 Å². The SMILES string of the molecule is CC(C)(C)OC(=O)N(CC(CON)OS(C)(=O)=O)C(=O)OC(C)(C)C. The van der Waals surface area contributed by atoms with Gasteiger partial charge in [0.25, 0.3) is 10.1 Å². The van der Waals surface area contributed by atoms with Gasteiger partial charge in [0, 0.05) is 0 Å². The largest absolute Gasteiger partial charge is 0.443 e. The van der Waals surface area contributed by atoms with E-state index in [1.807, 2.05) is 0 Å². The van der Waals surface area contributed by atoms with Crippen molar-refractivity contribution in [3.05, 3.63) is 0 Å². The highest BCUT2D eigenvalue weighted by molar-refractivity contribution is 7.86. The number of carbonyl (C=O) groups is 2. The van der Waals surface area contributed by atoms with Crippen molar-refractivity contribution in [2.24, 2.45) is 5.90 Å². The lowest BCUT2D eigenvalue weighted by molar-refractivity contribution is -0.0143. The first-order chi connectivity index (χ1) is 11.0. The second-order valence-corrected chi connectivity index (χ2v) is 8.93. The maximum Gasteiger partial charge on any atom is 0.419 e. The first-order valence-electron chi connectivity index (χ1n) is 7.47. The molecule has 2 N–H and O–H groups in total. The Kier molecular flexibility index (Phi) is 8.28. The van der Waals surface area contributed by atoms with Crippen LogP contribution in [0.4, 0.5) is 9.59 Å². The van der Waals surface area contributed by atoms with Gasteiger partial charge in [-0.25, -0.2) is 20.4 Å². The summed E-state index contributed by atoms with van der Waals surface area (Å²) in [7, 11) is -3.88. The fraction of sp³-hybridized carbons (Fsp3) is 0.857. The number of rotatable bonds is 6. The third-order valence-corrected chi connectivity index (χ3v) is 2.83. The lowest BCUT2D eigenvalue weighted by atomic mass is 10.2. The van der Waals surface area contributed by atoms with Gasteiger partial charge in [0.2, 0.25) is 0 Å². The lowest BCUT2D eigenvalue weighted by Gasteiger charge is -2.30. The van der Waals surface area contributed by atoms with Crippen molar-refractivity contribution in [1.82, 2.24) is 4.90 Å². The molecule has 0 aliphatic rings. The molecular weight excluding hydrogens is 356 g/mol. The molecule has 1 unspecified atom stereocenters. The van der Waals surface area contributed by atoms with Crippen LogP contribution in [0.15, 0.2) is 0 Å². The standard InChI is InChI=1S/C14H28N2O8S/c1-13(2,3)22-11(17)16(12(18)23-14(4,5)6)8-10(9-21-15)24-25(7,19)20/h10H,8-9,15H2,1-7H3. The normalized spacial score (nSPS) is 13.9. The first-order valence-corrected chi connectivity index (χ1v) is 9.29.